The van der Waals surface area contributed by atoms with E-state index in [4.69, 9.17) is 0 Å². The summed E-state index contributed by atoms with van der Waals surface area (Å²) in [5.41, 5.74) is 2.33. The first-order valence-corrected chi connectivity index (χ1v) is 10.2. The fourth-order valence-electron chi connectivity index (χ4n) is 5.06. The van der Waals surface area contributed by atoms with Crippen LogP contribution in [0.4, 0.5) is 10.1 Å². The van der Waals surface area contributed by atoms with Crippen molar-refractivity contribution in [3.8, 4) is 11.1 Å². The van der Waals surface area contributed by atoms with Gasteiger partial charge in [-0.15, -0.1) is 0 Å². The van der Waals surface area contributed by atoms with E-state index in [1.54, 1.807) is 31.2 Å². The van der Waals surface area contributed by atoms with Crippen LogP contribution < -0.4 is 5.32 Å². The average molecular weight is 404 g/mol. The maximum Gasteiger partial charge on any atom is 0.247 e. The Hall–Kier alpha value is -3.28. The van der Waals surface area contributed by atoms with Gasteiger partial charge < -0.3 is 5.32 Å². The Morgan fingerprint density at radius 3 is 1.97 bits per heavy atom. The fraction of sp³-hybridized carbons (Fsp3) is 0.292. The molecule has 1 saturated heterocycles. The maximum atomic E-state index is 13.1. The van der Waals surface area contributed by atoms with Gasteiger partial charge in [-0.25, -0.2) is 4.39 Å². The van der Waals surface area contributed by atoms with E-state index in [-0.39, 0.29) is 41.3 Å². The number of carbonyl (C=O) groups excluding carboxylic acids is 3. The van der Waals surface area contributed by atoms with Crippen molar-refractivity contribution < 1.29 is 18.8 Å². The minimum absolute atomic E-state index is 0.121. The third-order valence-corrected chi connectivity index (χ3v) is 6.60. The zero-order valence-corrected chi connectivity index (χ0v) is 16.4. The fourth-order valence-corrected chi connectivity index (χ4v) is 5.06. The SMILES string of the molecule is CC(C(=O)Nc1ccc(-c2ccc(F)cc2)cc1)N1C(=O)C2C3C=CC(C3)C2C1=O. The van der Waals surface area contributed by atoms with E-state index >= 15 is 0 Å². The second kappa shape index (κ2) is 6.90. The zero-order chi connectivity index (χ0) is 21.0. The normalized spacial score (nSPS) is 27.5. The lowest BCUT2D eigenvalue weighted by Gasteiger charge is -2.23. The van der Waals surface area contributed by atoms with Crippen molar-refractivity contribution in [3.05, 3.63) is 66.5 Å². The van der Waals surface area contributed by atoms with Crippen LogP contribution in [0.25, 0.3) is 11.1 Å². The molecule has 152 valence electrons. The molecule has 1 N–H and O–H groups in total. The summed E-state index contributed by atoms with van der Waals surface area (Å²) < 4.78 is 13.1. The van der Waals surface area contributed by atoms with E-state index < -0.39 is 11.9 Å². The molecule has 5 unspecified atom stereocenters. The Morgan fingerprint density at radius 2 is 1.43 bits per heavy atom. The summed E-state index contributed by atoms with van der Waals surface area (Å²) in [6, 6.07) is 12.4. The van der Waals surface area contributed by atoms with Crippen LogP contribution >= 0.6 is 0 Å². The van der Waals surface area contributed by atoms with Crippen LogP contribution in [0.5, 0.6) is 0 Å². The highest BCUT2D eigenvalue weighted by atomic mass is 19.1. The summed E-state index contributed by atoms with van der Waals surface area (Å²) in [5.74, 6) is -1.52. The monoisotopic (exact) mass is 404 g/mol. The van der Waals surface area contributed by atoms with Crippen molar-refractivity contribution in [2.75, 3.05) is 5.32 Å². The first kappa shape index (κ1) is 18.7. The number of benzene rings is 2. The van der Waals surface area contributed by atoms with Gasteiger partial charge in [-0.3, -0.25) is 19.3 Å². The number of anilines is 1. The number of hydrogen-bond acceptors (Lipinski definition) is 3. The molecule has 0 radical (unpaired) electrons. The number of nitrogens with one attached hydrogen (secondary N) is 1. The Labute approximate surface area is 173 Å². The Morgan fingerprint density at radius 1 is 0.933 bits per heavy atom. The number of likely N-dealkylation sites (tertiary alicyclic amines) is 1. The number of allylic oxidation sites excluding steroid dienone is 2. The van der Waals surface area contributed by atoms with Crippen LogP contribution in [0.2, 0.25) is 0 Å². The predicted molar refractivity (Wildman–Crippen MR) is 109 cm³/mol. The Bertz CT molecular complexity index is 1030. The number of fused-ring (bicyclic) bond motifs is 5. The van der Waals surface area contributed by atoms with Gasteiger partial charge in [-0.05, 0) is 60.6 Å². The molecule has 2 aromatic carbocycles. The minimum atomic E-state index is -0.869. The number of carbonyl (C=O) groups is 3. The molecule has 3 amide bonds. The molecule has 30 heavy (non-hydrogen) atoms. The summed E-state index contributed by atoms with van der Waals surface area (Å²) in [7, 11) is 0. The van der Waals surface area contributed by atoms with Crippen LogP contribution in [0.3, 0.4) is 0 Å². The number of nitrogens with zero attached hydrogens (tertiary/aromatic N) is 1. The molecule has 2 aliphatic carbocycles. The van der Waals surface area contributed by atoms with Crippen molar-refractivity contribution >= 4 is 23.4 Å². The van der Waals surface area contributed by atoms with Crippen molar-refractivity contribution in [1.29, 1.82) is 0 Å². The third-order valence-electron chi connectivity index (χ3n) is 6.60. The van der Waals surface area contributed by atoms with Gasteiger partial charge in [0.2, 0.25) is 17.7 Å². The maximum absolute atomic E-state index is 13.1. The van der Waals surface area contributed by atoms with E-state index in [0.29, 0.717) is 5.69 Å². The number of rotatable bonds is 4. The standard InChI is InChI=1S/C24H21FN2O3/c1-13(27-23(29)20-16-2-3-17(12-16)21(20)24(27)30)22(28)26-19-10-6-15(7-11-19)14-4-8-18(25)9-5-14/h2-11,13,16-17,20-21H,12H2,1H3,(H,26,28). The highest BCUT2D eigenvalue weighted by Gasteiger charge is 2.60. The summed E-state index contributed by atoms with van der Waals surface area (Å²) in [6.07, 6.45) is 4.93. The van der Waals surface area contributed by atoms with Gasteiger partial charge in [0.25, 0.3) is 0 Å². The Balaban J connectivity index is 1.28. The van der Waals surface area contributed by atoms with Gasteiger partial charge in [0, 0.05) is 5.69 Å². The quantitative estimate of drug-likeness (QED) is 0.625. The molecule has 0 aromatic heterocycles. The number of hydrogen-bond donors (Lipinski definition) is 1. The van der Waals surface area contributed by atoms with Gasteiger partial charge in [-0.2, -0.15) is 0 Å². The highest BCUT2D eigenvalue weighted by Crippen LogP contribution is 2.52. The third kappa shape index (κ3) is 2.86. The van der Waals surface area contributed by atoms with Gasteiger partial charge in [-0.1, -0.05) is 36.4 Å². The van der Waals surface area contributed by atoms with Crippen molar-refractivity contribution in [2.45, 2.75) is 19.4 Å². The molecule has 3 aliphatic rings. The van der Waals surface area contributed by atoms with E-state index in [0.717, 1.165) is 22.4 Å². The summed E-state index contributed by atoms with van der Waals surface area (Å²) >= 11 is 0. The summed E-state index contributed by atoms with van der Waals surface area (Å²) in [6.45, 7) is 1.59. The van der Waals surface area contributed by atoms with Crippen LogP contribution in [0.1, 0.15) is 13.3 Å². The molecule has 2 fully saturated rings. The highest BCUT2D eigenvalue weighted by molar-refractivity contribution is 6.10. The lowest BCUT2D eigenvalue weighted by molar-refractivity contribution is -0.146. The molecule has 1 heterocycles. The number of amides is 3. The van der Waals surface area contributed by atoms with Gasteiger partial charge >= 0.3 is 0 Å². The van der Waals surface area contributed by atoms with E-state index in [9.17, 15) is 18.8 Å². The molecule has 0 spiro atoms. The van der Waals surface area contributed by atoms with Crippen LogP contribution in [-0.2, 0) is 14.4 Å². The zero-order valence-electron chi connectivity index (χ0n) is 16.4. The number of imide groups is 1. The van der Waals surface area contributed by atoms with Crippen molar-refractivity contribution in [2.24, 2.45) is 23.7 Å². The van der Waals surface area contributed by atoms with E-state index in [2.05, 4.69) is 5.32 Å². The summed E-state index contributed by atoms with van der Waals surface area (Å²) in [4.78, 5) is 39.7. The first-order chi connectivity index (χ1) is 14.4. The molecule has 5 nitrogen and oxygen atoms in total. The molecular formula is C24H21FN2O3. The molecule has 2 bridgehead atoms. The molecular weight excluding hydrogens is 383 g/mol. The lowest BCUT2D eigenvalue weighted by Crippen LogP contribution is -2.46. The van der Waals surface area contributed by atoms with Gasteiger partial charge in [0.05, 0.1) is 11.8 Å². The lowest BCUT2D eigenvalue weighted by atomic mass is 9.85. The van der Waals surface area contributed by atoms with Gasteiger partial charge in [0.15, 0.2) is 0 Å². The van der Waals surface area contributed by atoms with E-state index in [1.807, 2.05) is 24.3 Å². The average Bonchev–Trinajstić information content (AvgIpc) is 3.42. The second-order valence-corrected chi connectivity index (χ2v) is 8.30. The molecule has 5 rings (SSSR count). The molecule has 1 saturated carbocycles. The minimum Gasteiger partial charge on any atom is -0.324 e. The Kier molecular flexibility index (Phi) is 4.31. The van der Waals surface area contributed by atoms with Crippen LogP contribution in [0.15, 0.2) is 60.7 Å². The topological polar surface area (TPSA) is 66.5 Å². The van der Waals surface area contributed by atoms with Crippen molar-refractivity contribution in [3.63, 3.8) is 0 Å². The molecule has 6 heteroatoms. The molecule has 5 atom stereocenters. The molecule has 1 aliphatic heterocycles. The first-order valence-electron chi connectivity index (χ1n) is 10.2. The molecule has 2 aromatic rings. The van der Waals surface area contributed by atoms with Crippen LogP contribution in [0, 0.1) is 29.5 Å². The van der Waals surface area contributed by atoms with E-state index in [1.165, 1.54) is 12.1 Å². The predicted octanol–water partition coefficient (Wildman–Crippen LogP) is 3.63. The van der Waals surface area contributed by atoms with Gasteiger partial charge in [0.1, 0.15) is 11.9 Å². The second-order valence-electron chi connectivity index (χ2n) is 8.30. The largest absolute Gasteiger partial charge is 0.324 e. The number of halogens is 1. The smallest absolute Gasteiger partial charge is 0.247 e. The summed E-state index contributed by atoms with van der Waals surface area (Å²) in [5, 5.41) is 2.79. The van der Waals surface area contributed by atoms with Crippen LogP contribution in [-0.4, -0.2) is 28.7 Å². The van der Waals surface area contributed by atoms with Crippen molar-refractivity contribution in [1.82, 2.24) is 4.90 Å².